The molecule has 1 aromatic rings. The van der Waals surface area contributed by atoms with Crippen LogP contribution in [0.4, 0.5) is 0 Å². The summed E-state index contributed by atoms with van der Waals surface area (Å²) in [6, 6.07) is 0.266. The first kappa shape index (κ1) is 16.5. The summed E-state index contributed by atoms with van der Waals surface area (Å²) in [7, 11) is 5.57. The Morgan fingerprint density at radius 3 is 2.78 bits per heavy atom. The number of aromatic nitrogens is 2. The molecular formula is C17H28N4O2. The first-order valence-electron chi connectivity index (χ1n) is 8.56. The van der Waals surface area contributed by atoms with Crippen molar-refractivity contribution in [3.63, 3.8) is 0 Å². The number of ether oxygens (including phenoxy) is 1. The largest absolute Gasteiger partial charge is 0.376 e. The van der Waals surface area contributed by atoms with Crippen LogP contribution in [-0.4, -0.2) is 71.4 Å². The van der Waals surface area contributed by atoms with Gasteiger partial charge in [-0.3, -0.25) is 14.4 Å². The van der Waals surface area contributed by atoms with Crippen LogP contribution in [0.15, 0.2) is 12.4 Å². The van der Waals surface area contributed by atoms with E-state index in [9.17, 15) is 4.79 Å². The highest BCUT2D eigenvalue weighted by molar-refractivity contribution is 5.77. The number of carbonyl (C=O) groups excluding carboxylic acids is 1. The van der Waals surface area contributed by atoms with Crippen LogP contribution in [0.5, 0.6) is 0 Å². The van der Waals surface area contributed by atoms with Crippen molar-refractivity contribution in [2.45, 2.75) is 37.8 Å². The maximum atomic E-state index is 12.1. The standard InChI is InChI=1S/C17H28N4O2/c1-19(2)17(22)11-21-7-6-16(23-12-13-4-5-13)15(21)8-14-9-18-20(3)10-14/h9-10,13,15-16H,4-8,11-12H2,1-3H3/t15-,16+/m0/s1. The Labute approximate surface area is 138 Å². The molecule has 0 unspecified atom stereocenters. The summed E-state index contributed by atoms with van der Waals surface area (Å²) in [6.07, 6.45) is 8.73. The molecule has 2 aliphatic rings. The van der Waals surface area contributed by atoms with E-state index in [0.29, 0.717) is 6.54 Å². The zero-order chi connectivity index (χ0) is 16.4. The number of likely N-dealkylation sites (N-methyl/N-ethyl adjacent to an activating group) is 1. The Morgan fingerprint density at radius 2 is 2.17 bits per heavy atom. The predicted octanol–water partition coefficient (Wildman–Crippen LogP) is 0.920. The molecule has 0 aromatic carbocycles. The second-order valence-corrected chi connectivity index (χ2v) is 7.16. The molecule has 0 N–H and O–H groups in total. The third-order valence-electron chi connectivity index (χ3n) is 4.88. The average Bonchev–Trinajstić information content (AvgIpc) is 3.15. The molecule has 3 rings (SSSR count). The van der Waals surface area contributed by atoms with E-state index in [-0.39, 0.29) is 18.1 Å². The molecule has 1 amide bonds. The third-order valence-corrected chi connectivity index (χ3v) is 4.88. The van der Waals surface area contributed by atoms with Gasteiger partial charge >= 0.3 is 0 Å². The maximum Gasteiger partial charge on any atom is 0.236 e. The summed E-state index contributed by atoms with van der Waals surface area (Å²) in [4.78, 5) is 16.1. The summed E-state index contributed by atoms with van der Waals surface area (Å²) < 4.78 is 8.03. The lowest BCUT2D eigenvalue weighted by Crippen LogP contribution is -2.43. The van der Waals surface area contributed by atoms with Crippen molar-refractivity contribution < 1.29 is 9.53 Å². The molecule has 0 bridgehead atoms. The van der Waals surface area contributed by atoms with Gasteiger partial charge in [-0.25, -0.2) is 0 Å². The van der Waals surface area contributed by atoms with Crippen LogP contribution in [0.3, 0.4) is 0 Å². The SMILES string of the molecule is CN(C)C(=O)CN1CC[C@@H](OCC2CC2)[C@@H]1Cc1cnn(C)c1. The summed E-state index contributed by atoms with van der Waals surface area (Å²) in [6.45, 7) is 2.28. The van der Waals surface area contributed by atoms with Gasteiger partial charge in [-0.15, -0.1) is 0 Å². The molecule has 1 aliphatic carbocycles. The second kappa shape index (κ2) is 7.01. The molecule has 6 nitrogen and oxygen atoms in total. The fourth-order valence-electron chi connectivity index (χ4n) is 3.22. The summed E-state index contributed by atoms with van der Waals surface area (Å²) in [5.74, 6) is 0.926. The van der Waals surface area contributed by atoms with Crippen LogP contribution in [0.25, 0.3) is 0 Å². The molecule has 23 heavy (non-hydrogen) atoms. The first-order valence-corrected chi connectivity index (χ1v) is 8.56. The monoisotopic (exact) mass is 320 g/mol. The van der Waals surface area contributed by atoms with Crippen molar-refractivity contribution in [1.82, 2.24) is 19.6 Å². The number of hydrogen-bond acceptors (Lipinski definition) is 4. The van der Waals surface area contributed by atoms with Gasteiger partial charge in [0.2, 0.25) is 5.91 Å². The van der Waals surface area contributed by atoms with Crippen molar-refractivity contribution in [3.05, 3.63) is 18.0 Å². The Balaban J connectivity index is 1.65. The number of nitrogens with zero attached hydrogens (tertiary/aromatic N) is 4. The zero-order valence-corrected chi connectivity index (χ0v) is 14.4. The topological polar surface area (TPSA) is 50.6 Å². The first-order chi connectivity index (χ1) is 11.0. The molecule has 6 heteroatoms. The molecule has 2 fully saturated rings. The fourth-order valence-corrected chi connectivity index (χ4v) is 3.22. The molecule has 0 radical (unpaired) electrons. The van der Waals surface area contributed by atoms with Crippen LogP contribution in [0, 0.1) is 5.92 Å². The van der Waals surface area contributed by atoms with Gasteiger partial charge in [-0.1, -0.05) is 0 Å². The van der Waals surface area contributed by atoms with Crippen molar-refractivity contribution in [2.24, 2.45) is 13.0 Å². The maximum absolute atomic E-state index is 12.1. The average molecular weight is 320 g/mol. The van der Waals surface area contributed by atoms with E-state index in [1.807, 2.05) is 32.0 Å². The van der Waals surface area contributed by atoms with Crippen molar-refractivity contribution in [3.8, 4) is 0 Å². The number of carbonyl (C=O) groups is 1. The quantitative estimate of drug-likeness (QED) is 0.750. The molecule has 1 saturated carbocycles. The lowest BCUT2D eigenvalue weighted by atomic mass is 10.0. The van der Waals surface area contributed by atoms with Crippen LogP contribution in [-0.2, 0) is 23.0 Å². The molecule has 1 aliphatic heterocycles. The summed E-state index contributed by atoms with van der Waals surface area (Å²) in [5.41, 5.74) is 1.21. The number of aryl methyl sites for hydroxylation is 1. The number of hydrogen-bond donors (Lipinski definition) is 0. The Morgan fingerprint density at radius 1 is 1.39 bits per heavy atom. The van der Waals surface area contributed by atoms with Gasteiger partial charge in [-0.2, -0.15) is 5.10 Å². The summed E-state index contributed by atoms with van der Waals surface area (Å²) in [5, 5.41) is 4.26. The molecular weight excluding hydrogens is 292 g/mol. The van der Waals surface area contributed by atoms with Gasteiger partial charge in [0.15, 0.2) is 0 Å². The highest BCUT2D eigenvalue weighted by Crippen LogP contribution is 2.31. The lowest BCUT2D eigenvalue weighted by Gasteiger charge is -2.28. The molecule has 2 atom stereocenters. The van der Waals surface area contributed by atoms with E-state index in [1.54, 1.807) is 4.90 Å². The fraction of sp³-hybridized carbons (Fsp3) is 0.765. The van der Waals surface area contributed by atoms with Gasteiger partial charge in [0, 0.05) is 46.5 Å². The highest BCUT2D eigenvalue weighted by atomic mass is 16.5. The summed E-state index contributed by atoms with van der Waals surface area (Å²) >= 11 is 0. The molecule has 0 spiro atoms. The van der Waals surface area contributed by atoms with Gasteiger partial charge < -0.3 is 9.64 Å². The zero-order valence-electron chi connectivity index (χ0n) is 14.4. The minimum absolute atomic E-state index is 0.157. The minimum Gasteiger partial charge on any atom is -0.376 e. The van der Waals surface area contributed by atoms with E-state index >= 15 is 0 Å². The van der Waals surface area contributed by atoms with E-state index in [1.165, 1.54) is 18.4 Å². The van der Waals surface area contributed by atoms with Crippen molar-refractivity contribution >= 4 is 5.91 Å². The Kier molecular flexibility index (Phi) is 5.02. The Bertz CT molecular complexity index is 538. The van der Waals surface area contributed by atoms with Crippen molar-refractivity contribution in [2.75, 3.05) is 33.8 Å². The van der Waals surface area contributed by atoms with Crippen LogP contribution < -0.4 is 0 Å². The van der Waals surface area contributed by atoms with Gasteiger partial charge in [0.05, 0.1) is 18.8 Å². The van der Waals surface area contributed by atoms with Gasteiger partial charge in [0.25, 0.3) is 0 Å². The van der Waals surface area contributed by atoms with Crippen molar-refractivity contribution in [1.29, 1.82) is 0 Å². The highest BCUT2D eigenvalue weighted by Gasteiger charge is 2.37. The van der Waals surface area contributed by atoms with Crippen LogP contribution in [0.2, 0.25) is 0 Å². The smallest absolute Gasteiger partial charge is 0.236 e. The van der Waals surface area contributed by atoms with E-state index in [0.717, 1.165) is 31.9 Å². The Hall–Kier alpha value is -1.40. The minimum atomic E-state index is 0.157. The molecule has 2 heterocycles. The normalized spacial score (nSPS) is 25.0. The molecule has 1 aromatic heterocycles. The number of amides is 1. The van der Waals surface area contributed by atoms with Gasteiger partial charge in [0.1, 0.15) is 0 Å². The number of likely N-dealkylation sites (tertiary alicyclic amines) is 1. The lowest BCUT2D eigenvalue weighted by molar-refractivity contribution is -0.130. The van der Waals surface area contributed by atoms with Gasteiger partial charge in [-0.05, 0) is 37.2 Å². The molecule has 1 saturated heterocycles. The predicted molar refractivity (Wildman–Crippen MR) is 88.0 cm³/mol. The number of rotatable bonds is 7. The van der Waals surface area contributed by atoms with E-state index < -0.39 is 0 Å². The van der Waals surface area contributed by atoms with E-state index in [2.05, 4.69) is 16.2 Å². The second-order valence-electron chi connectivity index (χ2n) is 7.16. The molecule has 128 valence electrons. The van der Waals surface area contributed by atoms with Crippen LogP contribution in [0.1, 0.15) is 24.8 Å². The third kappa shape index (κ3) is 4.32. The van der Waals surface area contributed by atoms with Crippen LogP contribution >= 0.6 is 0 Å². The van der Waals surface area contributed by atoms with E-state index in [4.69, 9.17) is 4.74 Å².